The lowest BCUT2D eigenvalue weighted by Crippen LogP contribution is -2.06. The van der Waals surface area contributed by atoms with Crippen molar-refractivity contribution >= 4 is 23.6 Å². The Morgan fingerprint density at radius 1 is 1.12 bits per heavy atom. The summed E-state index contributed by atoms with van der Waals surface area (Å²) in [6.07, 6.45) is 1.69. The first-order valence-electron chi connectivity index (χ1n) is 7.45. The Morgan fingerprint density at radius 2 is 1.96 bits per heavy atom. The molecule has 0 spiro atoms. The lowest BCUT2D eigenvalue weighted by Gasteiger charge is -2.07. The number of benzene rings is 1. The molecule has 0 aliphatic rings. The summed E-state index contributed by atoms with van der Waals surface area (Å²) in [4.78, 5) is 8.78. The fraction of sp³-hybridized carbons (Fsp3) is 0.176. The van der Waals surface area contributed by atoms with Crippen molar-refractivity contribution in [3.63, 3.8) is 0 Å². The Hall–Kier alpha value is -2.73. The van der Waals surface area contributed by atoms with Crippen molar-refractivity contribution in [1.29, 1.82) is 0 Å². The number of hydrogen-bond donors (Lipinski definition) is 1. The highest BCUT2D eigenvalue weighted by Gasteiger charge is 2.08. The minimum Gasteiger partial charge on any atom is -0.261 e. The van der Waals surface area contributed by atoms with E-state index in [2.05, 4.69) is 25.6 Å². The summed E-state index contributed by atoms with van der Waals surface area (Å²) in [7, 11) is 0. The van der Waals surface area contributed by atoms with Crippen LogP contribution >= 0.6 is 11.6 Å². The standard InChI is InChI=1S/C17H17ClN6/c1-11-7-12(2)24(23-11)17-9-16(20-13(3)21-17)22-19-10-14-5-4-6-15(18)8-14/h4-10H,1-3H3,(H,20,21,22)/b19-10-. The molecule has 122 valence electrons. The van der Waals surface area contributed by atoms with Crippen molar-refractivity contribution in [2.24, 2.45) is 5.10 Å². The van der Waals surface area contributed by atoms with Gasteiger partial charge in [-0.25, -0.2) is 14.6 Å². The average Bonchev–Trinajstić information content (AvgIpc) is 2.85. The van der Waals surface area contributed by atoms with Crippen LogP contribution < -0.4 is 5.43 Å². The molecule has 0 unspecified atom stereocenters. The van der Waals surface area contributed by atoms with Gasteiger partial charge in [0.1, 0.15) is 5.82 Å². The lowest BCUT2D eigenvalue weighted by molar-refractivity contribution is 0.793. The van der Waals surface area contributed by atoms with E-state index in [1.807, 2.05) is 57.2 Å². The summed E-state index contributed by atoms with van der Waals surface area (Å²) >= 11 is 5.95. The highest BCUT2D eigenvalue weighted by molar-refractivity contribution is 6.30. The zero-order chi connectivity index (χ0) is 17.1. The minimum atomic E-state index is 0.600. The van der Waals surface area contributed by atoms with Crippen LogP contribution in [0.15, 0.2) is 41.5 Å². The van der Waals surface area contributed by atoms with Gasteiger partial charge in [-0.05, 0) is 44.5 Å². The van der Waals surface area contributed by atoms with Crippen LogP contribution in [0.25, 0.3) is 5.82 Å². The number of rotatable bonds is 4. The van der Waals surface area contributed by atoms with Crippen LogP contribution in [0.2, 0.25) is 5.02 Å². The van der Waals surface area contributed by atoms with Gasteiger partial charge in [0.25, 0.3) is 0 Å². The monoisotopic (exact) mass is 340 g/mol. The minimum absolute atomic E-state index is 0.600. The Bertz CT molecular complexity index is 900. The summed E-state index contributed by atoms with van der Waals surface area (Å²) in [5, 5.41) is 9.32. The topological polar surface area (TPSA) is 68.0 Å². The zero-order valence-corrected chi connectivity index (χ0v) is 14.4. The third kappa shape index (κ3) is 3.78. The molecule has 0 amide bonds. The normalized spacial score (nSPS) is 11.2. The lowest BCUT2D eigenvalue weighted by atomic mass is 10.2. The SMILES string of the molecule is Cc1cc(C)n(-c2cc(N/N=C\c3cccc(Cl)c3)nc(C)n2)n1. The fourth-order valence-electron chi connectivity index (χ4n) is 2.34. The first-order valence-corrected chi connectivity index (χ1v) is 7.83. The predicted molar refractivity (Wildman–Crippen MR) is 96.0 cm³/mol. The third-order valence-electron chi connectivity index (χ3n) is 3.29. The summed E-state index contributed by atoms with van der Waals surface area (Å²) < 4.78 is 1.79. The Balaban J connectivity index is 1.83. The van der Waals surface area contributed by atoms with Gasteiger partial charge in [0.15, 0.2) is 11.6 Å². The van der Waals surface area contributed by atoms with Crippen LogP contribution in [-0.4, -0.2) is 26.0 Å². The molecule has 0 radical (unpaired) electrons. The molecule has 0 saturated carbocycles. The Labute approximate surface area is 145 Å². The van der Waals surface area contributed by atoms with E-state index < -0.39 is 0 Å². The van der Waals surface area contributed by atoms with Crippen LogP contribution in [0.1, 0.15) is 22.8 Å². The van der Waals surface area contributed by atoms with Gasteiger partial charge in [0.05, 0.1) is 11.9 Å². The molecule has 6 nitrogen and oxygen atoms in total. The van der Waals surface area contributed by atoms with Crippen molar-refractivity contribution in [1.82, 2.24) is 19.7 Å². The van der Waals surface area contributed by atoms with Crippen LogP contribution in [-0.2, 0) is 0 Å². The number of hydrazone groups is 1. The zero-order valence-electron chi connectivity index (χ0n) is 13.7. The van der Waals surface area contributed by atoms with Crippen molar-refractivity contribution in [2.45, 2.75) is 20.8 Å². The first-order chi connectivity index (χ1) is 11.5. The van der Waals surface area contributed by atoms with Gasteiger partial charge in [-0.15, -0.1) is 0 Å². The number of nitrogens with one attached hydrogen (secondary N) is 1. The van der Waals surface area contributed by atoms with Crippen LogP contribution in [0.5, 0.6) is 0 Å². The van der Waals surface area contributed by atoms with Crippen LogP contribution in [0.4, 0.5) is 5.82 Å². The van der Waals surface area contributed by atoms with Gasteiger partial charge in [-0.1, -0.05) is 23.7 Å². The van der Waals surface area contributed by atoms with Gasteiger partial charge < -0.3 is 0 Å². The molecule has 0 aliphatic heterocycles. The van der Waals surface area contributed by atoms with E-state index in [0.29, 0.717) is 22.5 Å². The molecule has 1 N–H and O–H groups in total. The second kappa shape index (κ2) is 6.80. The smallest absolute Gasteiger partial charge is 0.159 e. The van der Waals surface area contributed by atoms with Crippen molar-refractivity contribution in [2.75, 3.05) is 5.43 Å². The molecular formula is C17H17ClN6. The van der Waals surface area contributed by atoms with Crippen LogP contribution in [0, 0.1) is 20.8 Å². The van der Waals surface area contributed by atoms with E-state index >= 15 is 0 Å². The number of nitrogens with zero attached hydrogens (tertiary/aromatic N) is 5. The highest BCUT2D eigenvalue weighted by Crippen LogP contribution is 2.14. The molecule has 0 saturated heterocycles. The molecule has 7 heteroatoms. The molecule has 0 atom stereocenters. The molecule has 24 heavy (non-hydrogen) atoms. The van der Waals surface area contributed by atoms with E-state index in [4.69, 9.17) is 11.6 Å². The summed E-state index contributed by atoms with van der Waals surface area (Å²) in [5.41, 5.74) is 5.78. The second-order valence-electron chi connectivity index (χ2n) is 5.42. The van der Waals surface area contributed by atoms with E-state index in [9.17, 15) is 0 Å². The molecular weight excluding hydrogens is 324 g/mol. The van der Waals surface area contributed by atoms with E-state index in [-0.39, 0.29) is 0 Å². The number of anilines is 1. The number of aryl methyl sites for hydroxylation is 3. The maximum absolute atomic E-state index is 5.95. The van der Waals surface area contributed by atoms with Gasteiger partial charge in [0, 0.05) is 16.8 Å². The molecule has 2 heterocycles. The maximum atomic E-state index is 5.95. The van der Waals surface area contributed by atoms with Crippen molar-refractivity contribution in [3.05, 3.63) is 64.2 Å². The molecule has 2 aromatic heterocycles. The van der Waals surface area contributed by atoms with Gasteiger partial charge in [-0.2, -0.15) is 10.2 Å². The maximum Gasteiger partial charge on any atom is 0.159 e. The summed E-state index contributed by atoms with van der Waals surface area (Å²) in [6.45, 7) is 5.77. The molecule has 0 bridgehead atoms. The Kier molecular flexibility index (Phi) is 4.57. The van der Waals surface area contributed by atoms with Gasteiger partial charge >= 0.3 is 0 Å². The van der Waals surface area contributed by atoms with Crippen molar-refractivity contribution < 1.29 is 0 Å². The molecule has 3 rings (SSSR count). The highest BCUT2D eigenvalue weighted by atomic mass is 35.5. The largest absolute Gasteiger partial charge is 0.261 e. The predicted octanol–water partition coefficient (Wildman–Crippen LogP) is 3.69. The fourth-order valence-corrected chi connectivity index (χ4v) is 2.54. The van der Waals surface area contributed by atoms with Gasteiger partial charge in [0.2, 0.25) is 0 Å². The molecule has 1 aromatic carbocycles. The second-order valence-corrected chi connectivity index (χ2v) is 5.86. The number of hydrogen-bond acceptors (Lipinski definition) is 5. The third-order valence-corrected chi connectivity index (χ3v) is 3.53. The van der Waals surface area contributed by atoms with E-state index in [1.54, 1.807) is 10.9 Å². The van der Waals surface area contributed by atoms with Gasteiger partial charge in [-0.3, -0.25) is 5.43 Å². The number of aromatic nitrogens is 4. The summed E-state index contributed by atoms with van der Waals surface area (Å²) in [5.74, 6) is 1.94. The Morgan fingerprint density at radius 3 is 2.67 bits per heavy atom. The van der Waals surface area contributed by atoms with Crippen LogP contribution in [0.3, 0.4) is 0 Å². The first kappa shape index (κ1) is 16.1. The molecule has 0 fully saturated rings. The van der Waals surface area contributed by atoms with Crippen molar-refractivity contribution in [3.8, 4) is 5.82 Å². The summed E-state index contributed by atoms with van der Waals surface area (Å²) in [6, 6.07) is 11.3. The van der Waals surface area contributed by atoms with E-state index in [1.165, 1.54) is 0 Å². The quantitative estimate of drug-likeness (QED) is 0.581. The average molecular weight is 341 g/mol. The van der Waals surface area contributed by atoms with E-state index in [0.717, 1.165) is 17.0 Å². The number of halogens is 1. The molecule has 0 aliphatic carbocycles. The molecule has 3 aromatic rings.